The number of hydrogen-bond donors (Lipinski definition) is 2. The number of amides is 1. The fourth-order valence-corrected chi connectivity index (χ4v) is 2.01. The first kappa shape index (κ1) is 15.6. The van der Waals surface area contributed by atoms with E-state index >= 15 is 0 Å². The largest absolute Gasteiger partial charge is 0.328 e. The summed E-state index contributed by atoms with van der Waals surface area (Å²) in [5.41, 5.74) is 6.08. The molecule has 0 aromatic heterocycles. The molecule has 1 unspecified atom stereocenters. The van der Waals surface area contributed by atoms with Gasteiger partial charge in [-0.1, -0.05) is 34.8 Å². The molecule has 6 heteroatoms. The van der Waals surface area contributed by atoms with Crippen molar-refractivity contribution in [3.05, 3.63) is 27.2 Å². The second-order valence-corrected chi connectivity index (χ2v) is 5.39. The van der Waals surface area contributed by atoms with E-state index in [4.69, 9.17) is 40.5 Å². The molecule has 1 atom stereocenters. The Bertz CT molecular complexity index is 436. The van der Waals surface area contributed by atoms with Gasteiger partial charge < -0.3 is 11.1 Å². The van der Waals surface area contributed by atoms with Gasteiger partial charge in [-0.3, -0.25) is 4.79 Å². The van der Waals surface area contributed by atoms with Crippen molar-refractivity contribution in [3.63, 3.8) is 0 Å². The van der Waals surface area contributed by atoms with Gasteiger partial charge in [-0.05, 0) is 31.9 Å². The zero-order chi connectivity index (χ0) is 13.7. The molecule has 100 valence electrons. The molecule has 1 rings (SSSR count). The molecular weight excluding hydrogens is 295 g/mol. The molecule has 1 aromatic rings. The number of nitrogens with one attached hydrogen (secondary N) is 1. The molecule has 0 spiro atoms. The SMILES string of the molecule is CC(N)CCCC(=O)Nc1cc(Cl)c(Cl)cc1Cl. The van der Waals surface area contributed by atoms with Crippen LogP contribution >= 0.6 is 34.8 Å². The third-order valence-electron chi connectivity index (χ3n) is 2.35. The minimum absolute atomic E-state index is 0.103. The van der Waals surface area contributed by atoms with Crippen molar-refractivity contribution in [1.29, 1.82) is 0 Å². The zero-order valence-electron chi connectivity index (χ0n) is 9.97. The highest BCUT2D eigenvalue weighted by Crippen LogP contribution is 2.32. The predicted octanol–water partition coefficient (Wildman–Crippen LogP) is 4.10. The highest BCUT2D eigenvalue weighted by atomic mass is 35.5. The van der Waals surface area contributed by atoms with Crippen LogP contribution in [0.4, 0.5) is 5.69 Å². The standard InChI is InChI=1S/C12H15Cl3N2O/c1-7(16)3-2-4-12(18)17-11-6-9(14)8(13)5-10(11)15/h5-7H,2-4,16H2,1H3,(H,17,18). The second-order valence-electron chi connectivity index (χ2n) is 4.16. The Kier molecular flexibility index (Phi) is 6.22. The zero-order valence-corrected chi connectivity index (χ0v) is 12.2. The molecule has 0 aliphatic rings. The Hall–Kier alpha value is -0.480. The maximum Gasteiger partial charge on any atom is 0.224 e. The van der Waals surface area contributed by atoms with Crippen LogP contribution in [0.5, 0.6) is 0 Å². The highest BCUT2D eigenvalue weighted by Gasteiger charge is 2.09. The molecule has 0 aliphatic carbocycles. The molecule has 3 nitrogen and oxygen atoms in total. The van der Waals surface area contributed by atoms with Gasteiger partial charge in [0.2, 0.25) is 5.91 Å². The number of carbonyl (C=O) groups excluding carboxylic acids is 1. The quantitative estimate of drug-likeness (QED) is 0.804. The normalized spacial score (nSPS) is 12.3. The summed E-state index contributed by atoms with van der Waals surface area (Å²) in [6.45, 7) is 1.91. The van der Waals surface area contributed by atoms with Crippen LogP contribution in [0.2, 0.25) is 15.1 Å². The van der Waals surface area contributed by atoms with Crippen LogP contribution in [-0.2, 0) is 4.79 Å². The Morgan fingerprint density at radius 1 is 1.28 bits per heavy atom. The third kappa shape index (κ3) is 5.02. The van der Waals surface area contributed by atoms with Crippen molar-refractivity contribution in [2.24, 2.45) is 5.73 Å². The van der Waals surface area contributed by atoms with E-state index in [1.165, 1.54) is 12.1 Å². The summed E-state index contributed by atoms with van der Waals surface area (Å²) in [5, 5.41) is 3.77. The lowest BCUT2D eigenvalue weighted by molar-refractivity contribution is -0.116. The van der Waals surface area contributed by atoms with Crippen LogP contribution in [0.25, 0.3) is 0 Å². The van der Waals surface area contributed by atoms with Crippen LogP contribution in [0, 0.1) is 0 Å². The first-order valence-corrected chi connectivity index (χ1v) is 6.73. The van der Waals surface area contributed by atoms with E-state index in [1.54, 1.807) is 0 Å². The number of benzene rings is 1. The molecule has 0 bridgehead atoms. The van der Waals surface area contributed by atoms with Crippen LogP contribution in [0.3, 0.4) is 0 Å². The summed E-state index contributed by atoms with van der Waals surface area (Å²) >= 11 is 17.6. The molecule has 0 fully saturated rings. The van der Waals surface area contributed by atoms with Gasteiger partial charge in [0.25, 0.3) is 0 Å². The lowest BCUT2D eigenvalue weighted by atomic mass is 10.1. The smallest absolute Gasteiger partial charge is 0.224 e. The van der Waals surface area contributed by atoms with Crippen molar-refractivity contribution in [2.45, 2.75) is 32.2 Å². The number of anilines is 1. The lowest BCUT2D eigenvalue weighted by Crippen LogP contribution is -2.17. The Balaban J connectivity index is 2.57. The minimum Gasteiger partial charge on any atom is -0.328 e. The van der Waals surface area contributed by atoms with E-state index in [0.717, 1.165) is 12.8 Å². The summed E-state index contributed by atoms with van der Waals surface area (Å²) in [6, 6.07) is 3.14. The van der Waals surface area contributed by atoms with Gasteiger partial charge in [0.05, 0.1) is 20.8 Å². The van der Waals surface area contributed by atoms with Crippen molar-refractivity contribution < 1.29 is 4.79 Å². The second kappa shape index (κ2) is 7.19. The van der Waals surface area contributed by atoms with E-state index in [2.05, 4.69) is 5.32 Å². The van der Waals surface area contributed by atoms with Crippen molar-refractivity contribution in [2.75, 3.05) is 5.32 Å². The first-order chi connectivity index (χ1) is 8.40. The summed E-state index contributed by atoms with van der Waals surface area (Å²) in [4.78, 5) is 11.7. The van der Waals surface area contributed by atoms with Gasteiger partial charge in [-0.25, -0.2) is 0 Å². The fourth-order valence-electron chi connectivity index (χ4n) is 1.42. The third-order valence-corrected chi connectivity index (χ3v) is 3.38. The van der Waals surface area contributed by atoms with Gasteiger partial charge in [0.1, 0.15) is 0 Å². The summed E-state index contributed by atoms with van der Waals surface area (Å²) in [5.74, 6) is -0.115. The van der Waals surface area contributed by atoms with E-state index in [9.17, 15) is 4.79 Å². The number of halogens is 3. The maximum absolute atomic E-state index is 11.7. The average molecular weight is 310 g/mol. The van der Waals surface area contributed by atoms with Crippen molar-refractivity contribution in [1.82, 2.24) is 0 Å². The molecule has 0 saturated heterocycles. The van der Waals surface area contributed by atoms with E-state index in [1.807, 2.05) is 6.92 Å². The van der Waals surface area contributed by atoms with Gasteiger partial charge in [-0.2, -0.15) is 0 Å². The first-order valence-electron chi connectivity index (χ1n) is 5.60. The Morgan fingerprint density at radius 3 is 2.50 bits per heavy atom. The molecule has 1 aromatic carbocycles. The molecular formula is C12H15Cl3N2O. The topological polar surface area (TPSA) is 55.1 Å². The summed E-state index contributed by atoms with van der Waals surface area (Å²) in [7, 11) is 0. The van der Waals surface area contributed by atoms with Gasteiger partial charge >= 0.3 is 0 Å². The summed E-state index contributed by atoms with van der Waals surface area (Å²) in [6.07, 6.45) is 1.95. The van der Waals surface area contributed by atoms with Gasteiger partial charge in [0, 0.05) is 12.5 Å². The number of nitrogens with two attached hydrogens (primary N) is 1. The maximum atomic E-state index is 11.7. The minimum atomic E-state index is -0.115. The number of rotatable bonds is 5. The molecule has 0 heterocycles. The number of hydrogen-bond acceptors (Lipinski definition) is 2. The molecule has 18 heavy (non-hydrogen) atoms. The Morgan fingerprint density at radius 2 is 1.89 bits per heavy atom. The highest BCUT2D eigenvalue weighted by molar-refractivity contribution is 6.44. The molecule has 1 amide bonds. The monoisotopic (exact) mass is 308 g/mol. The fraction of sp³-hybridized carbons (Fsp3) is 0.417. The molecule has 0 radical (unpaired) electrons. The summed E-state index contributed by atoms with van der Waals surface area (Å²) < 4.78 is 0. The van der Waals surface area contributed by atoms with Gasteiger partial charge in [0.15, 0.2) is 0 Å². The average Bonchev–Trinajstić information content (AvgIpc) is 2.25. The van der Waals surface area contributed by atoms with E-state index < -0.39 is 0 Å². The van der Waals surface area contributed by atoms with Gasteiger partial charge in [-0.15, -0.1) is 0 Å². The number of carbonyl (C=O) groups is 1. The van der Waals surface area contributed by atoms with Crippen molar-refractivity contribution in [3.8, 4) is 0 Å². The van der Waals surface area contributed by atoms with E-state index in [-0.39, 0.29) is 11.9 Å². The molecule has 0 aliphatic heterocycles. The van der Waals surface area contributed by atoms with E-state index in [0.29, 0.717) is 27.2 Å². The molecule has 0 saturated carbocycles. The van der Waals surface area contributed by atoms with Crippen LogP contribution in [-0.4, -0.2) is 11.9 Å². The lowest BCUT2D eigenvalue weighted by Gasteiger charge is -2.09. The molecule has 3 N–H and O–H groups in total. The van der Waals surface area contributed by atoms with Crippen LogP contribution < -0.4 is 11.1 Å². The van der Waals surface area contributed by atoms with Crippen LogP contribution in [0.1, 0.15) is 26.2 Å². The Labute approximate surface area is 122 Å². The van der Waals surface area contributed by atoms with Crippen LogP contribution in [0.15, 0.2) is 12.1 Å². The predicted molar refractivity (Wildman–Crippen MR) is 77.6 cm³/mol. The van der Waals surface area contributed by atoms with Crippen molar-refractivity contribution >= 4 is 46.4 Å².